The zero-order chi connectivity index (χ0) is 25.6. The number of hydrogen-bond acceptors (Lipinski definition) is 4. The number of rotatable bonds is 9. The molecule has 0 atom stereocenters. The van der Waals surface area contributed by atoms with Crippen molar-refractivity contribution in [2.45, 2.75) is 31.6 Å². The lowest BCUT2D eigenvalue weighted by molar-refractivity contribution is 0.0516. The summed E-state index contributed by atoms with van der Waals surface area (Å²) in [5.74, 6) is -0.475. The number of esters is 1. The molecule has 0 aliphatic rings. The fourth-order valence-electron chi connectivity index (χ4n) is 3.91. The van der Waals surface area contributed by atoms with Crippen LogP contribution in [0.3, 0.4) is 0 Å². The summed E-state index contributed by atoms with van der Waals surface area (Å²) >= 11 is 0. The summed E-state index contributed by atoms with van der Waals surface area (Å²) in [6.07, 6.45) is 1.05. The molecule has 0 radical (unpaired) electrons. The Kier molecular flexibility index (Phi) is 8.08. The predicted molar refractivity (Wildman–Crippen MR) is 134 cm³/mol. The first-order valence-electron chi connectivity index (χ1n) is 11.1. The van der Waals surface area contributed by atoms with Gasteiger partial charge in [-0.15, -0.1) is 0 Å². The largest absolute Gasteiger partial charge is 0.461 e. The summed E-state index contributed by atoms with van der Waals surface area (Å²) < 4.78 is 34.5. The highest BCUT2D eigenvalue weighted by Crippen LogP contribution is 2.39. The maximum absolute atomic E-state index is 12.7. The monoisotopic (exact) mass is 490 g/mol. The van der Waals surface area contributed by atoms with Crippen LogP contribution in [-0.4, -0.2) is 32.1 Å². The van der Waals surface area contributed by atoms with E-state index >= 15 is 0 Å². The van der Waals surface area contributed by atoms with Crippen molar-refractivity contribution in [1.29, 1.82) is 0 Å². The van der Waals surface area contributed by atoms with E-state index in [-0.39, 0.29) is 18.0 Å². The highest BCUT2D eigenvalue weighted by atomic mass is 32.2. The number of carbonyl (C=O) groups is 1. The summed E-state index contributed by atoms with van der Waals surface area (Å²) in [6, 6.07) is 13.1. The Morgan fingerprint density at radius 2 is 1.69 bits per heavy atom. The minimum atomic E-state index is -3.68. The van der Waals surface area contributed by atoms with E-state index in [0.717, 1.165) is 16.8 Å². The quantitative estimate of drug-likeness (QED) is 0.336. The average molecular weight is 491 g/mol. The van der Waals surface area contributed by atoms with E-state index in [2.05, 4.69) is 14.4 Å². The third-order valence-electron chi connectivity index (χ3n) is 5.63. The maximum atomic E-state index is 12.7. The van der Waals surface area contributed by atoms with Crippen LogP contribution < -0.4 is 4.72 Å². The molecule has 2 aromatic carbocycles. The standard InChI is InChI=1S/C26H26N4O4S/c1-6-22-24(28-4)23(25(30(22)5)26(31)34-7-2)19-10-8-18(9-11-19)16-17-29-35(32,33)21-14-12-20(27-3)13-15-21/h8-15,29H,6-7,16-17H2,1-2,5H3. The zero-order valence-corrected chi connectivity index (χ0v) is 20.6. The highest BCUT2D eigenvalue weighted by molar-refractivity contribution is 7.89. The summed E-state index contributed by atoms with van der Waals surface area (Å²) in [5, 5.41) is 0. The van der Waals surface area contributed by atoms with E-state index in [1.165, 1.54) is 24.3 Å². The molecule has 0 unspecified atom stereocenters. The van der Waals surface area contributed by atoms with Crippen LogP contribution in [0.1, 0.15) is 35.6 Å². The van der Waals surface area contributed by atoms with Gasteiger partial charge in [0.2, 0.25) is 15.7 Å². The maximum Gasteiger partial charge on any atom is 0.354 e. The molecule has 1 heterocycles. The van der Waals surface area contributed by atoms with Gasteiger partial charge in [-0.05, 0) is 30.9 Å². The third kappa shape index (κ3) is 5.43. The van der Waals surface area contributed by atoms with Crippen molar-refractivity contribution in [3.05, 3.63) is 88.3 Å². The lowest BCUT2D eigenvalue weighted by atomic mass is 10.0. The molecule has 3 rings (SSSR count). The molecule has 0 saturated heterocycles. The topological polar surface area (TPSA) is 86.1 Å². The van der Waals surface area contributed by atoms with Gasteiger partial charge < -0.3 is 9.30 Å². The summed E-state index contributed by atoms with van der Waals surface area (Å²) in [5.41, 5.74) is 4.09. The van der Waals surface area contributed by atoms with Crippen molar-refractivity contribution < 1.29 is 17.9 Å². The molecule has 0 saturated carbocycles. The second kappa shape index (κ2) is 11.0. The van der Waals surface area contributed by atoms with Crippen LogP contribution in [0.15, 0.2) is 53.4 Å². The minimum absolute atomic E-state index is 0.106. The molecule has 0 fully saturated rings. The van der Waals surface area contributed by atoms with E-state index in [1.54, 1.807) is 18.5 Å². The van der Waals surface area contributed by atoms with Crippen LogP contribution >= 0.6 is 0 Å². The van der Waals surface area contributed by atoms with Gasteiger partial charge in [-0.25, -0.2) is 27.6 Å². The van der Waals surface area contributed by atoms with Gasteiger partial charge in [-0.1, -0.05) is 55.5 Å². The van der Waals surface area contributed by atoms with Crippen LogP contribution in [0, 0.1) is 13.1 Å². The molecule has 3 aromatic rings. The Hall–Kier alpha value is -3.92. The molecule has 9 heteroatoms. The van der Waals surface area contributed by atoms with Crippen LogP contribution in [0.2, 0.25) is 0 Å². The van der Waals surface area contributed by atoms with E-state index in [0.29, 0.717) is 35.5 Å². The Morgan fingerprint density at radius 1 is 1.03 bits per heavy atom. The third-order valence-corrected chi connectivity index (χ3v) is 7.10. The lowest BCUT2D eigenvalue weighted by Gasteiger charge is -2.10. The number of benzene rings is 2. The molecule has 0 amide bonds. The van der Waals surface area contributed by atoms with Gasteiger partial charge in [0, 0.05) is 24.8 Å². The normalized spacial score (nSPS) is 11.0. The molecule has 0 bridgehead atoms. The number of ether oxygens (including phenoxy) is 1. The second-order valence-electron chi connectivity index (χ2n) is 7.71. The van der Waals surface area contributed by atoms with Crippen LogP contribution in [-0.2, 0) is 34.6 Å². The SMILES string of the molecule is [C-]#[N+]c1ccc(S(=O)(=O)NCCc2ccc(-c3c([N+]#[C-])c(CC)n(C)c3C(=O)OCC)cc2)cc1. The van der Waals surface area contributed by atoms with E-state index in [1.807, 2.05) is 31.2 Å². The summed E-state index contributed by atoms with van der Waals surface area (Å²) in [6.45, 7) is 18.8. The van der Waals surface area contributed by atoms with Crippen molar-refractivity contribution in [2.24, 2.45) is 7.05 Å². The fourth-order valence-corrected chi connectivity index (χ4v) is 4.94. The number of hydrogen-bond donors (Lipinski definition) is 1. The van der Waals surface area contributed by atoms with Crippen molar-refractivity contribution >= 4 is 27.4 Å². The zero-order valence-electron chi connectivity index (χ0n) is 19.8. The van der Waals surface area contributed by atoms with E-state index in [4.69, 9.17) is 17.9 Å². The first-order chi connectivity index (χ1) is 16.8. The Labute approximate surface area is 205 Å². The number of sulfonamides is 1. The molecule has 0 aliphatic carbocycles. The molecule has 8 nitrogen and oxygen atoms in total. The number of aromatic nitrogens is 1. The van der Waals surface area contributed by atoms with Gasteiger partial charge in [0.1, 0.15) is 5.69 Å². The van der Waals surface area contributed by atoms with Gasteiger partial charge >= 0.3 is 5.97 Å². The summed E-state index contributed by atoms with van der Waals surface area (Å²) in [7, 11) is -1.92. The van der Waals surface area contributed by atoms with Crippen molar-refractivity contribution in [3.8, 4) is 11.1 Å². The first kappa shape index (κ1) is 25.7. The molecular weight excluding hydrogens is 464 g/mol. The van der Waals surface area contributed by atoms with Crippen molar-refractivity contribution in [2.75, 3.05) is 13.2 Å². The predicted octanol–water partition coefficient (Wildman–Crippen LogP) is 5.05. The second-order valence-corrected chi connectivity index (χ2v) is 9.48. The molecule has 1 aromatic heterocycles. The summed E-state index contributed by atoms with van der Waals surface area (Å²) in [4.78, 5) is 19.8. The van der Waals surface area contributed by atoms with Crippen LogP contribution in [0.4, 0.5) is 11.4 Å². The van der Waals surface area contributed by atoms with Gasteiger partial charge in [-0.2, -0.15) is 0 Å². The van der Waals surface area contributed by atoms with Crippen molar-refractivity contribution in [1.82, 2.24) is 9.29 Å². The van der Waals surface area contributed by atoms with Crippen molar-refractivity contribution in [3.63, 3.8) is 0 Å². The molecule has 35 heavy (non-hydrogen) atoms. The molecule has 0 aliphatic heterocycles. The smallest absolute Gasteiger partial charge is 0.354 e. The van der Waals surface area contributed by atoms with E-state index in [9.17, 15) is 13.2 Å². The average Bonchev–Trinajstić information content (AvgIpc) is 3.15. The fraction of sp³-hybridized carbons (Fsp3) is 0.269. The van der Waals surface area contributed by atoms with Crippen LogP contribution in [0.5, 0.6) is 0 Å². The molecule has 180 valence electrons. The molecule has 1 N–H and O–H groups in total. The first-order valence-corrected chi connectivity index (χ1v) is 12.6. The Morgan fingerprint density at radius 3 is 2.23 bits per heavy atom. The number of nitrogens with one attached hydrogen (secondary N) is 1. The molecular formula is C26H26N4O4S. The number of carbonyl (C=O) groups excluding carboxylic acids is 1. The van der Waals surface area contributed by atoms with Gasteiger partial charge in [0.05, 0.1) is 24.6 Å². The van der Waals surface area contributed by atoms with Crippen LogP contribution in [0.25, 0.3) is 20.8 Å². The van der Waals surface area contributed by atoms with Gasteiger partial charge in [0.15, 0.2) is 5.69 Å². The Balaban J connectivity index is 1.80. The Bertz CT molecular complexity index is 1410. The highest BCUT2D eigenvalue weighted by Gasteiger charge is 2.26. The van der Waals surface area contributed by atoms with Gasteiger partial charge in [0.25, 0.3) is 0 Å². The van der Waals surface area contributed by atoms with E-state index < -0.39 is 16.0 Å². The van der Waals surface area contributed by atoms with Gasteiger partial charge in [-0.3, -0.25) is 0 Å². The minimum Gasteiger partial charge on any atom is -0.461 e. The lowest BCUT2D eigenvalue weighted by Crippen LogP contribution is -2.25. The number of nitrogens with zero attached hydrogens (tertiary/aromatic N) is 3. The molecule has 0 spiro atoms.